The van der Waals surface area contributed by atoms with Crippen molar-refractivity contribution in [2.24, 2.45) is 0 Å². The number of likely N-dealkylation sites (tertiary alicyclic amines) is 1. The minimum absolute atomic E-state index is 0.159. The Morgan fingerprint density at radius 2 is 1.77 bits per heavy atom. The third-order valence-corrected chi connectivity index (χ3v) is 3.87. The molecule has 0 saturated carbocycles. The molecule has 2 saturated heterocycles. The van der Waals surface area contributed by atoms with E-state index in [-0.39, 0.29) is 24.1 Å². The van der Waals surface area contributed by atoms with E-state index in [1.54, 1.807) is 18.7 Å². The molecule has 0 radical (unpaired) electrons. The molecule has 2 fully saturated rings. The Labute approximate surface area is 131 Å². The molecule has 124 valence electrons. The molecule has 0 aromatic rings. The molecule has 4 amide bonds. The quantitative estimate of drug-likeness (QED) is 0.748. The van der Waals surface area contributed by atoms with Gasteiger partial charge in [-0.1, -0.05) is 0 Å². The molecule has 0 atom stereocenters. The van der Waals surface area contributed by atoms with Crippen LogP contribution in [0.3, 0.4) is 0 Å². The molecule has 7 heteroatoms. The second-order valence-corrected chi connectivity index (χ2v) is 7.43. The zero-order chi connectivity index (χ0) is 16.7. The smallest absolute Gasteiger partial charge is 0.410 e. The highest BCUT2D eigenvalue weighted by molar-refractivity contribution is 6.06. The van der Waals surface area contributed by atoms with Crippen molar-refractivity contribution in [3.8, 4) is 0 Å². The number of piperidine rings is 1. The second-order valence-electron chi connectivity index (χ2n) is 7.43. The molecule has 22 heavy (non-hydrogen) atoms. The van der Waals surface area contributed by atoms with Crippen LogP contribution in [0.1, 0.15) is 47.5 Å². The summed E-state index contributed by atoms with van der Waals surface area (Å²) < 4.78 is 5.34. The van der Waals surface area contributed by atoms with Gasteiger partial charge in [0.15, 0.2) is 0 Å². The lowest BCUT2D eigenvalue weighted by Gasteiger charge is -2.36. The Balaban J connectivity index is 1.94. The van der Waals surface area contributed by atoms with Gasteiger partial charge < -0.3 is 15.0 Å². The van der Waals surface area contributed by atoms with Gasteiger partial charge in [0.25, 0.3) is 5.91 Å². The fourth-order valence-corrected chi connectivity index (χ4v) is 2.74. The van der Waals surface area contributed by atoms with Crippen LogP contribution in [0.4, 0.5) is 9.59 Å². The first-order valence-electron chi connectivity index (χ1n) is 7.65. The Bertz CT molecular complexity index is 488. The van der Waals surface area contributed by atoms with Crippen LogP contribution < -0.4 is 5.32 Å². The summed E-state index contributed by atoms with van der Waals surface area (Å²) in [6.45, 7) is 9.84. The number of rotatable bonds is 1. The van der Waals surface area contributed by atoms with Gasteiger partial charge in [0.2, 0.25) is 0 Å². The fraction of sp³-hybridized carbons (Fsp3) is 0.800. The molecule has 0 bridgehead atoms. The number of nitrogens with one attached hydrogen (secondary N) is 1. The van der Waals surface area contributed by atoms with Gasteiger partial charge in [-0.15, -0.1) is 0 Å². The summed E-state index contributed by atoms with van der Waals surface area (Å²) in [5.41, 5.74) is -1.37. The molecule has 0 aromatic heterocycles. The average Bonchev–Trinajstić information content (AvgIpc) is 2.56. The molecule has 2 aliphatic heterocycles. The van der Waals surface area contributed by atoms with Crippen molar-refractivity contribution in [1.29, 1.82) is 0 Å². The van der Waals surface area contributed by atoms with E-state index in [1.807, 2.05) is 20.8 Å². The molecule has 0 aliphatic carbocycles. The predicted octanol–water partition coefficient (Wildman–Crippen LogP) is 1.72. The van der Waals surface area contributed by atoms with Crippen LogP contribution in [0, 0.1) is 0 Å². The number of imide groups is 1. The number of carbonyl (C=O) groups excluding carboxylic acids is 3. The molecule has 0 aromatic carbocycles. The molecule has 2 heterocycles. The van der Waals surface area contributed by atoms with Gasteiger partial charge in [-0.2, -0.15) is 0 Å². The summed E-state index contributed by atoms with van der Waals surface area (Å²) in [5.74, 6) is -0.201. The third-order valence-electron chi connectivity index (χ3n) is 3.87. The van der Waals surface area contributed by atoms with E-state index in [0.29, 0.717) is 25.9 Å². The number of carbonyl (C=O) groups is 3. The van der Waals surface area contributed by atoms with Crippen molar-refractivity contribution >= 4 is 18.0 Å². The maximum absolute atomic E-state index is 12.3. The maximum atomic E-state index is 12.3. The molecular formula is C15H25N3O4. The minimum atomic E-state index is -0.848. The standard InChI is InChI=1S/C15H25N3O4/c1-14(2,3)22-13(21)17-8-6-10(7-9-17)18-11(19)15(4,5)16-12(18)20/h10H,6-9H2,1-5H3,(H,16,20). The van der Waals surface area contributed by atoms with E-state index in [9.17, 15) is 14.4 Å². The zero-order valence-electron chi connectivity index (χ0n) is 13.9. The highest BCUT2D eigenvalue weighted by Crippen LogP contribution is 2.25. The number of hydrogen-bond acceptors (Lipinski definition) is 4. The van der Waals surface area contributed by atoms with Gasteiger partial charge in [0.1, 0.15) is 11.1 Å². The van der Waals surface area contributed by atoms with Crippen molar-refractivity contribution in [3.05, 3.63) is 0 Å². The third kappa shape index (κ3) is 3.34. The van der Waals surface area contributed by atoms with Crippen LogP contribution in [-0.4, -0.2) is 58.1 Å². The minimum Gasteiger partial charge on any atom is -0.444 e. The van der Waals surface area contributed by atoms with Crippen molar-refractivity contribution < 1.29 is 19.1 Å². The zero-order valence-corrected chi connectivity index (χ0v) is 13.9. The first kappa shape index (κ1) is 16.6. The van der Waals surface area contributed by atoms with Gasteiger partial charge in [-0.25, -0.2) is 9.59 Å². The highest BCUT2D eigenvalue weighted by Gasteiger charge is 2.47. The number of nitrogens with zero attached hydrogens (tertiary/aromatic N) is 2. The number of amides is 4. The Morgan fingerprint density at radius 3 is 2.18 bits per heavy atom. The lowest BCUT2D eigenvalue weighted by molar-refractivity contribution is -0.132. The van der Waals surface area contributed by atoms with Crippen LogP contribution in [0.5, 0.6) is 0 Å². The summed E-state index contributed by atoms with van der Waals surface area (Å²) in [6, 6.07) is -0.501. The van der Waals surface area contributed by atoms with Crippen molar-refractivity contribution in [1.82, 2.24) is 15.1 Å². The summed E-state index contributed by atoms with van der Waals surface area (Å²) in [5, 5.41) is 2.69. The monoisotopic (exact) mass is 311 g/mol. The number of ether oxygens (including phenoxy) is 1. The first-order chi connectivity index (χ1) is 10.0. The Hall–Kier alpha value is -1.79. The summed E-state index contributed by atoms with van der Waals surface area (Å²) in [7, 11) is 0. The van der Waals surface area contributed by atoms with E-state index in [2.05, 4.69) is 5.32 Å². The van der Waals surface area contributed by atoms with E-state index in [0.717, 1.165) is 0 Å². The topological polar surface area (TPSA) is 79.0 Å². The Morgan fingerprint density at radius 1 is 1.23 bits per heavy atom. The van der Waals surface area contributed by atoms with Gasteiger partial charge in [0, 0.05) is 19.1 Å². The fourth-order valence-electron chi connectivity index (χ4n) is 2.74. The molecule has 7 nitrogen and oxygen atoms in total. The van der Waals surface area contributed by atoms with Crippen LogP contribution >= 0.6 is 0 Å². The van der Waals surface area contributed by atoms with Crippen molar-refractivity contribution in [2.45, 2.75) is 64.6 Å². The van der Waals surface area contributed by atoms with Crippen LogP contribution in [0.25, 0.3) is 0 Å². The van der Waals surface area contributed by atoms with Crippen LogP contribution in [-0.2, 0) is 9.53 Å². The molecule has 0 unspecified atom stereocenters. The lowest BCUT2D eigenvalue weighted by Crippen LogP contribution is -2.50. The average molecular weight is 311 g/mol. The maximum Gasteiger partial charge on any atom is 0.410 e. The first-order valence-corrected chi connectivity index (χ1v) is 7.65. The number of urea groups is 1. The lowest BCUT2D eigenvalue weighted by atomic mass is 10.0. The largest absolute Gasteiger partial charge is 0.444 e. The van der Waals surface area contributed by atoms with Gasteiger partial charge >= 0.3 is 12.1 Å². The van der Waals surface area contributed by atoms with Crippen LogP contribution in [0.2, 0.25) is 0 Å². The summed E-state index contributed by atoms with van der Waals surface area (Å²) in [6.07, 6.45) is 0.812. The molecule has 2 rings (SSSR count). The second kappa shape index (κ2) is 5.44. The molecular weight excluding hydrogens is 286 g/mol. The van der Waals surface area contributed by atoms with E-state index in [1.165, 1.54) is 4.90 Å². The number of hydrogen-bond donors (Lipinski definition) is 1. The van der Waals surface area contributed by atoms with E-state index in [4.69, 9.17) is 4.74 Å². The Kier molecular flexibility index (Phi) is 4.10. The van der Waals surface area contributed by atoms with Crippen molar-refractivity contribution in [3.63, 3.8) is 0 Å². The van der Waals surface area contributed by atoms with Crippen LogP contribution in [0.15, 0.2) is 0 Å². The molecule has 2 aliphatic rings. The SMILES string of the molecule is CC(C)(C)OC(=O)N1CCC(N2C(=O)NC(C)(C)C2=O)CC1. The van der Waals surface area contributed by atoms with Gasteiger partial charge in [-0.05, 0) is 47.5 Å². The summed E-state index contributed by atoms with van der Waals surface area (Å²) >= 11 is 0. The normalized spacial score (nSPS) is 22.8. The van der Waals surface area contributed by atoms with Crippen molar-refractivity contribution in [2.75, 3.05) is 13.1 Å². The molecule has 0 spiro atoms. The highest BCUT2D eigenvalue weighted by atomic mass is 16.6. The van der Waals surface area contributed by atoms with E-state index < -0.39 is 11.1 Å². The van der Waals surface area contributed by atoms with E-state index >= 15 is 0 Å². The van der Waals surface area contributed by atoms with Gasteiger partial charge in [-0.3, -0.25) is 9.69 Å². The predicted molar refractivity (Wildman–Crippen MR) is 80.3 cm³/mol. The molecule has 1 N–H and O–H groups in total. The summed E-state index contributed by atoms with van der Waals surface area (Å²) in [4.78, 5) is 39.2. The van der Waals surface area contributed by atoms with Gasteiger partial charge in [0.05, 0.1) is 0 Å².